The molecule has 162 valence electrons. The molecular weight excluding hydrogens is 414 g/mol. The topological polar surface area (TPSA) is 79.1 Å². The number of methoxy groups -OCH3 is 1. The number of terminal acetylenes is 1. The molecule has 0 aliphatic carbocycles. The Kier molecular flexibility index (Phi) is 10.1. The van der Waals surface area contributed by atoms with Crippen LogP contribution >= 0.6 is 11.6 Å². The Morgan fingerprint density at radius 3 is 2.29 bits per heavy atom. The molecule has 2 N–H and O–H groups in total. The lowest BCUT2D eigenvalue weighted by molar-refractivity contribution is -0.135. The molecule has 5 nitrogen and oxygen atoms in total. The van der Waals surface area contributed by atoms with Crippen molar-refractivity contribution in [2.24, 2.45) is 4.99 Å². The molecule has 0 aromatic heterocycles. The maximum absolute atomic E-state index is 11.8. The number of benzene rings is 2. The molecule has 2 aromatic rings. The van der Waals surface area contributed by atoms with E-state index in [1.54, 1.807) is 37.5 Å². The number of aliphatic hydroxyl groups excluding tert-OH is 1. The number of carbonyl (C=O) groups is 1. The number of nitrogens with zero attached hydrogens (tertiary/aromatic N) is 1. The maximum Gasteiger partial charge on any atom is 0.350 e. The summed E-state index contributed by atoms with van der Waals surface area (Å²) in [6.45, 7) is 5.62. The Hall–Kier alpha value is -3.49. The zero-order valence-corrected chi connectivity index (χ0v) is 19.0. The molecule has 0 bridgehead atoms. The summed E-state index contributed by atoms with van der Waals surface area (Å²) in [4.78, 5) is 15.4. The number of phenols is 1. The van der Waals surface area contributed by atoms with Crippen LogP contribution < -0.4 is 0 Å². The van der Waals surface area contributed by atoms with Gasteiger partial charge >= 0.3 is 5.97 Å². The van der Waals surface area contributed by atoms with Gasteiger partial charge < -0.3 is 19.9 Å². The van der Waals surface area contributed by atoms with Gasteiger partial charge in [0.25, 0.3) is 0 Å². The number of rotatable bonds is 4. The summed E-state index contributed by atoms with van der Waals surface area (Å²) in [5.74, 6) is 1.11. The lowest BCUT2D eigenvalue weighted by atomic mass is 9.93. The first kappa shape index (κ1) is 25.5. The number of halogens is 1. The predicted molar refractivity (Wildman–Crippen MR) is 128 cm³/mol. The third kappa shape index (κ3) is 6.77. The molecule has 0 saturated heterocycles. The molecule has 6 heteroatoms. The normalized spacial score (nSPS) is 11.8. The summed E-state index contributed by atoms with van der Waals surface area (Å²) >= 11 is 6.03. The molecule has 0 radical (unpaired) electrons. The summed E-state index contributed by atoms with van der Waals surface area (Å²) in [5, 5.41) is 20.8. The van der Waals surface area contributed by atoms with Crippen molar-refractivity contribution in [3.8, 4) is 29.2 Å². The Labute approximate surface area is 188 Å². The minimum Gasteiger partial charge on any atom is -0.508 e. The fourth-order valence-corrected chi connectivity index (χ4v) is 2.84. The van der Waals surface area contributed by atoms with Gasteiger partial charge in [-0.05, 0) is 79.6 Å². The Bertz CT molecular complexity index is 1050. The number of esters is 1. The number of aromatic hydroxyl groups is 1. The van der Waals surface area contributed by atoms with Crippen molar-refractivity contribution in [2.75, 3.05) is 14.2 Å². The van der Waals surface area contributed by atoms with Gasteiger partial charge in [-0.25, -0.2) is 4.79 Å². The standard InChI is InChI=1S/C22H19ClO4.C3H7N/c1-5-13(3)20-11-14(15-9-16(23)12-17(24)10-15)7-8-19(20)21(25)18(6-2)22(26)27-4;1-3-4-2/h2,5,7-12,24-25H,1,3-4H3;3H,1-2H3/b13-5-,21-18-;. The van der Waals surface area contributed by atoms with E-state index in [4.69, 9.17) is 18.0 Å². The van der Waals surface area contributed by atoms with Gasteiger partial charge in [0.1, 0.15) is 11.5 Å². The molecule has 0 heterocycles. The largest absolute Gasteiger partial charge is 0.508 e. The van der Waals surface area contributed by atoms with Gasteiger partial charge in [0, 0.05) is 17.6 Å². The number of allylic oxidation sites excluding steroid dienone is 2. The first-order valence-corrected chi connectivity index (χ1v) is 9.74. The molecular formula is C25H26ClNO4. The van der Waals surface area contributed by atoms with Crippen molar-refractivity contribution in [1.29, 1.82) is 0 Å². The summed E-state index contributed by atoms with van der Waals surface area (Å²) in [7, 11) is 2.94. The van der Waals surface area contributed by atoms with E-state index < -0.39 is 5.97 Å². The molecule has 0 unspecified atom stereocenters. The van der Waals surface area contributed by atoms with Crippen LogP contribution in [0, 0.1) is 12.3 Å². The van der Waals surface area contributed by atoms with Crippen molar-refractivity contribution in [2.45, 2.75) is 20.8 Å². The Morgan fingerprint density at radius 2 is 1.81 bits per heavy atom. The van der Waals surface area contributed by atoms with Crippen LogP contribution in [0.15, 0.2) is 53.0 Å². The molecule has 31 heavy (non-hydrogen) atoms. The second-order valence-electron chi connectivity index (χ2n) is 6.31. The van der Waals surface area contributed by atoms with Crippen LogP contribution in [0.4, 0.5) is 0 Å². The van der Waals surface area contributed by atoms with Crippen LogP contribution in [0.2, 0.25) is 5.02 Å². The van der Waals surface area contributed by atoms with Crippen molar-refractivity contribution in [3.63, 3.8) is 0 Å². The number of ether oxygens (including phenoxy) is 1. The highest BCUT2D eigenvalue weighted by atomic mass is 35.5. The van der Waals surface area contributed by atoms with Crippen molar-refractivity contribution < 1.29 is 19.7 Å². The minimum absolute atomic E-state index is 0.0499. The van der Waals surface area contributed by atoms with Crippen LogP contribution in [0.1, 0.15) is 31.9 Å². The van der Waals surface area contributed by atoms with Gasteiger partial charge in [0.05, 0.1) is 7.11 Å². The zero-order valence-electron chi connectivity index (χ0n) is 18.2. The quantitative estimate of drug-likeness (QED) is 0.204. The van der Waals surface area contributed by atoms with Crippen molar-refractivity contribution in [1.82, 2.24) is 0 Å². The predicted octanol–water partition coefficient (Wildman–Crippen LogP) is 5.92. The Balaban J connectivity index is 0.00000110. The molecule has 2 aromatic carbocycles. The van der Waals surface area contributed by atoms with E-state index in [0.29, 0.717) is 21.7 Å². The first-order chi connectivity index (χ1) is 14.7. The number of aliphatic hydroxyl groups is 1. The lowest BCUT2D eigenvalue weighted by Crippen LogP contribution is -2.07. The first-order valence-electron chi connectivity index (χ1n) is 9.36. The van der Waals surface area contributed by atoms with Gasteiger partial charge in [-0.3, -0.25) is 0 Å². The maximum atomic E-state index is 11.8. The van der Waals surface area contributed by atoms with E-state index in [1.807, 2.05) is 32.9 Å². The fourth-order valence-electron chi connectivity index (χ4n) is 2.61. The second-order valence-corrected chi connectivity index (χ2v) is 6.74. The Morgan fingerprint density at radius 1 is 1.16 bits per heavy atom. The summed E-state index contributed by atoms with van der Waals surface area (Å²) in [6.07, 6.45) is 9.00. The summed E-state index contributed by atoms with van der Waals surface area (Å²) < 4.78 is 4.64. The van der Waals surface area contributed by atoms with Gasteiger partial charge in [-0.2, -0.15) is 0 Å². The highest BCUT2D eigenvalue weighted by molar-refractivity contribution is 6.31. The number of carbonyl (C=O) groups excluding carboxylic acids is 1. The molecule has 0 atom stereocenters. The number of phenolic OH excluding ortho intramolecular Hbond substituents is 1. The van der Waals surface area contributed by atoms with Crippen molar-refractivity contribution in [3.05, 3.63) is 64.2 Å². The van der Waals surface area contributed by atoms with Crippen LogP contribution in [0.3, 0.4) is 0 Å². The molecule has 0 aliphatic rings. The number of hydrogen-bond donors (Lipinski definition) is 2. The number of aliphatic imine (C=N–C) groups is 1. The molecule has 0 saturated carbocycles. The fraction of sp³-hybridized carbons (Fsp3) is 0.200. The highest BCUT2D eigenvalue weighted by Crippen LogP contribution is 2.33. The van der Waals surface area contributed by atoms with Gasteiger partial charge in [-0.1, -0.05) is 29.7 Å². The zero-order chi connectivity index (χ0) is 23.6. The molecule has 0 fully saturated rings. The summed E-state index contributed by atoms with van der Waals surface area (Å²) in [6, 6.07) is 9.99. The average molecular weight is 440 g/mol. The van der Waals surface area contributed by atoms with Crippen LogP contribution in [-0.4, -0.2) is 36.6 Å². The van der Waals surface area contributed by atoms with Gasteiger partial charge in [0.2, 0.25) is 0 Å². The number of hydrogen-bond acceptors (Lipinski definition) is 5. The minimum atomic E-state index is -0.789. The third-order valence-electron chi connectivity index (χ3n) is 4.38. The van der Waals surface area contributed by atoms with E-state index in [2.05, 4.69) is 15.6 Å². The van der Waals surface area contributed by atoms with Gasteiger partial charge in [0.15, 0.2) is 5.57 Å². The van der Waals surface area contributed by atoms with Crippen LogP contribution in [0.5, 0.6) is 5.75 Å². The van der Waals surface area contributed by atoms with E-state index in [-0.39, 0.29) is 17.1 Å². The monoisotopic (exact) mass is 439 g/mol. The van der Waals surface area contributed by atoms with E-state index in [0.717, 1.165) is 11.1 Å². The van der Waals surface area contributed by atoms with E-state index >= 15 is 0 Å². The molecule has 0 amide bonds. The van der Waals surface area contributed by atoms with E-state index in [1.165, 1.54) is 13.2 Å². The molecule has 0 spiro atoms. The average Bonchev–Trinajstić information content (AvgIpc) is 2.77. The lowest BCUT2D eigenvalue weighted by Gasteiger charge is -2.14. The highest BCUT2D eigenvalue weighted by Gasteiger charge is 2.19. The van der Waals surface area contributed by atoms with Crippen LogP contribution in [0.25, 0.3) is 22.5 Å². The SMILES string of the molecule is C#C/C(C(=O)OC)=C(/O)c1ccc(-c2cc(O)cc(Cl)c2)cc1/C(C)=C\C.CC=NC. The molecule has 0 aliphatic heterocycles. The van der Waals surface area contributed by atoms with E-state index in [9.17, 15) is 15.0 Å². The third-order valence-corrected chi connectivity index (χ3v) is 4.60. The smallest absolute Gasteiger partial charge is 0.350 e. The van der Waals surface area contributed by atoms with Crippen molar-refractivity contribution >= 4 is 35.1 Å². The summed E-state index contributed by atoms with van der Waals surface area (Å²) in [5.41, 5.74) is 3.19. The molecule has 2 rings (SSSR count). The van der Waals surface area contributed by atoms with Crippen LogP contribution in [-0.2, 0) is 9.53 Å². The second kappa shape index (κ2) is 12.3. The van der Waals surface area contributed by atoms with Gasteiger partial charge in [-0.15, -0.1) is 6.42 Å².